The summed E-state index contributed by atoms with van der Waals surface area (Å²) in [7, 11) is 3.15. The second-order valence-corrected chi connectivity index (χ2v) is 3.80. The molecule has 1 aromatic heterocycles. The molecule has 0 unspecified atom stereocenters. The van der Waals surface area contributed by atoms with Crippen molar-refractivity contribution >= 4 is 0 Å². The van der Waals surface area contributed by atoms with Gasteiger partial charge in [-0.05, 0) is 23.8 Å². The van der Waals surface area contributed by atoms with Crippen LogP contribution in [0.25, 0.3) is 0 Å². The second-order valence-electron chi connectivity index (χ2n) is 3.80. The zero-order valence-electron chi connectivity index (χ0n) is 10.9. The molecule has 0 radical (unpaired) electrons. The molecule has 5 heteroatoms. The standard InChI is InChI=1S/C14H16N2O3/c1-17-11-4-3-5-12(18-2)14(11)19-13-8-10(9-15)6-7-16-13/h3-8H,9,15H2,1-2H3. The number of pyridine rings is 1. The lowest BCUT2D eigenvalue weighted by Gasteiger charge is -2.13. The Bertz CT molecular complexity index is 536. The van der Waals surface area contributed by atoms with E-state index >= 15 is 0 Å². The van der Waals surface area contributed by atoms with E-state index in [-0.39, 0.29) is 0 Å². The van der Waals surface area contributed by atoms with Crippen molar-refractivity contribution in [2.45, 2.75) is 6.54 Å². The number of benzene rings is 1. The number of rotatable bonds is 5. The van der Waals surface area contributed by atoms with Gasteiger partial charge in [0.2, 0.25) is 11.6 Å². The lowest BCUT2D eigenvalue weighted by molar-refractivity contribution is 0.342. The van der Waals surface area contributed by atoms with Crippen molar-refractivity contribution in [3.05, 3.63) is 42.1 Å². The van der Waals surface area contributed by atoms with Gasteiger partial charge in [0.1, 0.15) is 0 Å². The van der Waals surface area contributed by atoms with Gasteiger partial charge in [-0.25, -0.2) is 4.98 Å². The van der Waals surface area contributed by atoms with Crippen molar-refractivity contribution in [3.63, 3.8) is 0 Å². The van der Waals surface area contributed by atoms with Crippen molar-refractivity contribution in [2.24, 2.45) is 5.73 Å². The molecule has 0 aliphatic carbocycles. The van der Waals surface area contributed by atoms with E-state index in [1.807, 2.05) is 12.1 Å². The van der Waals surface area contributed by atoms with Gasteiger partial charge in [-0.15, -0.1) is 0 Å². The summed E-state index contributed by atoms with van der Waals surface area (Å²) in [4.78, 5) is 4.14. The third-order valence-electron chi connectivity index (χ3n) is 2.62. The maximum atomic E-state index is 5.75. The molecule has 2 aromatic rings. The fraction of sp³-hybridized carbons (Fsp3) is 0.214. The summed E-state index contributed by atoms with van der Waals surface area (Å²) in [5.74, 6) is 2.11. The Morgan fingerprint density at radius 1 is 1.11 bits per heavy atom. The molecule has 0 spiro atoms. The van der Waals surface area contributed by atoms with Crippen LogP contribution in [0.1, 0.15) is 5.56 Å². The zero-order chi connectivity index (χ0) is 13.7. The van der Waals surface area contributed by atoms with Gasteiger partial charge in [-0.2, -0.15) is 0 Å². The molecule has 0 bridgehead atoms. The normalized spacial score (nSPS) is 10.1. The molecule has 0 amide bonds. The number of para-hydroxylation sites is 1. The largest absolute Gasteiger partial charge is 0.493 e. The van der Waals surface area contributed by atoms with Crippen molar-refractivity contribution in [3.8, 4) is 23.1 Å². The van der Waals surface area contributed by atoms with Crippen LogP contribution >= 0.6 is 0 Å². The van der Waals surface area contributed by atoms with E-state index in [0.717, 1.165) is 5.56 Å². The first kappa shape index (κ1) is 13.2. The molecule has 5 nitrogen and oxygen atoms in total. The van der Waals surface area contributed by atoms with Crippen molar-refractivity contribution in [2.75, 3.05) is 14.2 Å². The summed E-state index contributed by atoms with van der Waals surface area (Å²) < 4.78 is 16.3. The summed E-state index contributed by atoms with van der Waals surface area (Å²) >= 11 is 0. The Labute approximate surface area is 111 Å². The maximum Gasteiger partial charge on any atom is 0.219 e. The van der Waals surface area contributed by atoms with Gasteiger partial charge < -0.3 is 19.9 Å². The first-order chi connectivity index (χ1) is 9.28. The average molecular weight is 260 g/mol. The molecule has 0 aliphatic rings. The van der Waals surface area contributed by atoms with Crippen LogP contribution in [0, 0.1) is 0 Å². The van der Waals surface area contributed by atoms with E-state index < -0.39 is 0 Å². The van der Waals surface area contributed by atoms with Gasteiger partial charge in [0.15, 0.2) is 11.5 Å². The van der Waals surface area contributed by atoms with Crippen LogP contribution in [0.15, 0.2) is 36.5 Å². The quantitative estimate of drug-likeness (QED) is 0.893. The van der Waals surface area contributed by atoms with E-state index in [1.165, 1.54) is 0 Å². The number of aromatic nitrogens is 1. The third-order valence-corrected chi connectivity index (χ3v) is 2.62. The average Bonchev–Trinajstić information content (AvgIpc) is 2.47. The van der Waals surface area contributed by atoms with Gasteiger partial charge >= 0.3 is 0 Å². The van der Waals surface area contributed by atoms with Crippen molar-refractivity contribution < 1.29 is 14.2 Å². The molecule has 2 N–H and O–H groups in total. The van der Waals surface area contributed by atoms with Crippen molar-refractivity contribution in [1.29, 1.82) is 0 Å². The van der Waals surface area contributed by atoms with E-state index in [1.54, 1.807) is 38.6 Å². The summed E-state index contributed by atoms with van der Waals surface area (Å²) in [6.07, 6.45) is 1.65. The predicted octanol–water partition coefficient (Wildman–Crippen LogP) is 2.35. The highest BCUT2D eigenvalue weighted by atomic mass is 16.5. The highest BCUT2D eigenvalue weighted by molar-refractivity contribution is 5.52. The van der Waals surface area contributed by atoms with Gasteiger partial charge in [0.25, 0.3) is 0 Å². The number of hydrogen-bond acceptors (Lipinski definition) is 5. The summed E-state index contributed by atoms with van der Waals surface area (Å²) in [5, 5.41) is 0. The first-order valence-corrected chi connectivity index (χ1v) is 5.82. The minimum absolute atomic E-state index is 0.432. The van der Waals surface area contributed by atoms with Crippen LogP contribution in [0.5, 0.6) is 23.1 Å². The molecular weight excluding hydrogens is 244 g/mol. The number of ether oxygens (including phenoxy) is 3. The summed E-state index contributed by atoms with van der Waals surface area (Å²) in [6, 6.07) is 9.04. The van der Waals surface area contributed by atoms with Crippen molar-refractivity contribution in [1.82, 2.24) is 4.98 Å². The molecule has 2 rings (SSSR count). The first-order valence-electron chi connectivity index (χ1n) is 5.82. The molecule has 0 saturated carbocycles. The fourth-order valence-corrected chi connectivity index (χ4v) is 1.66. The molecule has 100 valence electrons. The summed E-state index contributed by atoms with van der Waals surface area (Å²) in [6.45, 7) is 0.432. The topological polar surface area (TPSA) is 66.6 Å². The highest BCUT2D eigenvalue weighted by Crippen LogP contribution is 2.39. The number of nitrogens with two attached hydrogens (primary N) is 1. The zero-order valence-corrected chi connectivity index (χ0v) is 10.9. The molecule has 0 fully saturated rings. The Morgan fingerprint density at radius 2 is 1.79 bits per heavy atom. The number of methoxy groups -OCH3 is 2. The van der Waals surface area contributed by atoms with Crippen LogP contribution in [0.4, 0.5) is 0 Å². The third kappa shape index (κ3) is 2.95. The van der Waals surface area contributed by atoms with Gasteiger partial charge in [0, 0.05) is 18.8 Å². The monoisotopic (exact) mass is 260 g/mol. The SMILES string of the molecule is COc1cccc(OC)c1Oc1cc(CN)ccn1. The van der Waals surface area contributed by atoms with Crippen LogP contribution in [0.2, 0.25) is 0 Å². The molecule has 1 heterocycles. The highest BCUT2D eigenvalue weighted by Gasteiger charge is 2.13. The van der Waals surface area contributed by atoms with Gasteiger partial charge in [0.05, 0.1) is 14.2 Å². The molecular formula is C14H16N2O3. The van der Waals surface area contributed by atoms with E-state index in [0.29, 0.717) is 29.7 Å². The maximum absolute atomic E-state index is 5.75. The van der Waals surface area contributed by atoms with Crippen LogP contribution in [-0.2, 0) is 6.54 Å². The minimum Gasteiger partial charge on any atom is -0.493 e. The van der Waals surface area contributed by atoms with Crippen LogP contribution < -0.4 is 19.9 Å². The lowest BCUT2D eigenvalue weighted by atomic mass is 10.2. The molecule has 0 saturated heterocycles. The predicted molar refractivity (Wildman–Crippen MR) is 71.7 cm³/mol. The Hall–Kier alpha value is -2.27. The Balaban J connectivity index is 2.36. The fourth-order valence-electron chi connectivity index (χ4n) is 1.66. The Kier molecular flexibility index (Phi) is 4.20. The van der Waals surface area contributed by atoms with E-state index in [2.05, 4.69) is 4.98 Å². The molecule has 19 heavy (non-hydrogen) atoms. The smallest absolute Gasteiger partial charge is 0.219 e. The lowest BCUT2D eigenvalue weighted by Crippen LogP contribution is -1.99. The van der Waals surface area contributed by atoms with Gasteiger partial charge in [-0.3, -0.25) is 0 Å². The second kappa shape index (κ2) is 6.06. The molecule has 0 atom stereocenters. The van der Waals surface area contributed by atoms with E-state index in [9.17, 15) is 0 Å². The minimum atomic E-state index is 0.432. The van der Waals surface area contributed by atoms with Gasteiger partial charge in [-0.1, -0.05) is 6.07 Å². The number of nitrogens with zero attached hydrogens (tertiary/aromatic N) is 1. The summed E-state index contributed by atoms with van der Waals surface area (Å²) in [5.41, 5.74) is 6.53. The number of hydrogen-bond donors (Lipinski definition) is 1. The van der Waals surface area contributed by atoms with Crippen LogP contribution in [0.3, 0.4) is 0 Å². The van der Waals surface area contributed by atoms with Crippen LogP contribution in [-0.4, -0.2) is 19.2 Å². The Morgan fingerprint density at radius 3 is 2.37 bits per heavy atom. The van der Waals surface area contributed by atoms with E-state index in [4.69, 9.17) is 19.9 Å². The molecule has 0 aliphatic heterocycles. The molecule has 1 aromatic carbocycles.